The highest BCUT2D eigenvalue weighted by atomic mass is 35.5. The van der Waals surface area contributed by atoms with Gasteiger partial charge in [0.15, 0.2) is 0 Å². The molecule has 7 heteroatoms. The number of nitrogens with zero attached hydrogens (tertiary/aromatic N) is 1. The van der Waals surface area contributed by atoms with Gasteiger partial charge in [-0.05, 0) is 42.5 Å². The van der Waals surface area contributed by atoms with Crippen molar-refractivity contribution in [1.82, 2.24) is 4.98 Å². The molecule has 0 saturated heterocycles. The first-order chi connectivity index (χ1) is 13.0. The molecule has 6 nitrogen and oxygen atoms in total. The Labute approximate surface area is 160 Å². The molecule has 0 aliphatic rings. The monoisotopic (exact) mass is 381 g/mol. The Balaban J connectivity index is 1.67. The number of hydrogen-bond donors (Lipinski definition) is 3. The lowest BCUT2D eigenvalue weighted by Crippen LogP contribution is -2.17. The number of phenolic OH excluding ortho intramolecular Hbond substituents is 1. The number of benzene rings is 2. The Morgan fingerprint density at radius 1 is 0.963 bits per heavy atom. The summed E-state index contributed by atoms with van der Waals surface area (Å²) >= 11 is 5.89. The van der Waals surface area contributed by atoms with Crippen LogP contribution in [0, 0.1) is 0 Å². The maximum Gasteiger partial charge on any atom is 0.274 e. The molecule has 2 amide bonds. The Morgan fingerprint density at radius 3 is 2.52 bits per heavy atom. The highest BCUT2D eigenvalue weighted by Gasteiger charge is 2.12. The van der Waals surface area contributed by atoms with Gasteiger partial charge in [-0.25, -0.2) is 0 Å². The third-order valence-corrected chi connectivity index (χ3v) is 3.94. The van der Waals surface area contributed by atoms with Crippen molar-refractivity contribution in [2.45, 2.75) is 6.42 Å². The normalized spacial score (nSPS) is 10.3. The summed E-state index contributed by atoms with van der Waals surface area (Å²) < 4.78 is 0. The van der Waals surface area contributed by atoms with Crippen LogP contribution in [0.5, 0.6) is 5.75 Å². The van der Waals surface area contributed by atoms with Crippen LogP contribution in [0.1, 0.15) is 16.1 Å². The molecule has 3 aromatic rings. The van der Waals surface area contributed by atoms with Crippen molar-refractivity contribution in [1.29, 1.82) is 0 Å². The highest BCUT2D eigenvalue weighted by Crippen LogP contribution is 2.22. The second kappa shape index (κ2) is 8.33. The van der Waals surface area contributed by atoms with E-state index in [-0.39, 0.29) is 29.7 Å². The molecular formula is C20H16ClN3O3. The van der Waals surface area contributed by atoms with Crippen LogP contribution in [0.3, 0.4) is 0 Å². The van der Waals surface area contributed by atoms with Crippen molar-refractivity contribution >= 4 is 34.8 Å². The van der Waals surface area contributed by atoms with Crippen LogP contribution in [0.4, 0.5) is 11.4 Å². The molecule has 2 aromatic carbocycles. The van der Waals surface area contributed by atoms with Crippen LogP contribution in [-0.2, 0) is 11.2 Å². The van der Waals surface area contributed by atoms with Gasteiger partial charge in [0.2, 0.25) is 5.91 Å². The van der Waals surface area contributed by atoms with Gasteiger partial charge in [-0.2, -0.15) is 0 Å². The third-order valence-electron chi connectivity index (χ3n) is 3.70. The Morgan fingerprint density at radius 2 is 1.74 bits per heavy atom. The summed E-state index contributed by atoms with van der Waals surface area (Å²) in [4.78, 5) is 28.6. The van der Waals surface area contributed by atoms with E-state index < -0.39 is 0 Å². The van der Waals surface area contributed by atoms with Gasteiger partial charge in [-0.15, -0.1) is 0 Å². The molecule has 0 atom stereocenters. The predicted octanol–water partition coefficient (Wildman–Crippen LogP) is 3.87. The molecule has 0 spiro atoms. The summed E-state index contributed by atoms with van der Waals surface area (Å²) in [7, 11) is 0. The minimum atomic E-state index is -0.384. The summed E-state index contributed by atoms with van der Waals surface area (Å²) in [5.74, 6) is -0.745. The number of anilines is 2. The number of carbonyl (C=O) groups is 2. The van der Waals surface area contributed by atoms with Gasteiger partial charge in [0.1, 0.15) is 11.4 Å². The quantitative estimate of drug-likeness (QED) is 0.625. The van der Waals surface area contributed by atoms with Gasteiger partial charge in [0.25, 0.3) is 5.91 Å². The van der Waals surface area contributed by atoms with Gasteiger partial charge < -0.3 is 15.7 Å². The molecule has 0 aliphatic carbocycles. The van der Waals surface area contributed by atoms with E-state index in [4.69, 9.17) is 11.6 Å². The summed E-state index contributed by atoms with van der Waals surface area (Å²) in [5.41, 5.74) is 1.66. The number of halogens is 1. The van der Waals surface area contributed by atoms with E-state index in [0.29, 0.717) is 22.0 Å². The predicted molar refractivity (Wildman–Crippen MR) is 104 cm³/mol. The van der Waals surface area contributed by atoms with Crippen molar-refractivity contribution in [3.63, 3.8) is 0 Å². The molecule has 0 radical (unpaired) electrons. The lowest BCUT2D eigenvalue weighted by molar-refractivity contribution is -0.115. The number of carbonyl (C=O) groups excluding carboxylic acids is 2. The molecule has 136 valence electrons. The maximum atomic E-state index is 12.3. The van der Waals surface area contributed by atoms with Crippen LogP contribution in [-0.4, -0.2) is 21.9 Å². The minimum absolute atomic E-state index is 0.00722. The molecule has 3 rings (SSSR count). The number of rotatable bonds is 5. The molecule has 0 aliphatic heterocycles. The van der Waals surface area contributed by atoms with Crippen LogP contribution < -0.4 is 10.6 Å². The van der Waals surface area contributed by atoms with Gasteiger partial charge in [-0.3, -0.25) is 14.6 Å². The van der Waals surface area contributed by atoms with Crippen molar-refractivity contribution in [3.8, 4) is 5.75 Å². The maximum absolute atomic E-state index is 12.3. The molecule has 1 heterocycles. The van der Waals surface area contributed by atoms with Gasteiger partial charge >= 0.3 is 0 Å². The average Bonchev–Trinajstić information content (AvgIpc) is 2.65. The Bertz CT molecular complexity index is 977. The standard InChI is InChI=1S/C20H16ClN3O3/c21-14-6-7-18(25)13(10-14)11-19(26)23-16-8-9-22-17(12-16)20(27)24-15-4-2-1-3-5-15/h1-10,12,25H,11H2,(H,24,27)(H,22,23,26). The molecule has 0 bridgehead atoms. The van der Waals surface area contributed by atoms with Crippen LogP contribution >= 0.6 is 11.6 Å². The molecule has 27 heavy (non-hydrogen) atoms. The molecule has 0 saturated carbocycles. The lowest BCUT2D eigenvalue weighted by Gasteiger charge is -2.09. The topological polar surface area (TPSA) is 91.3 Å². The summed E-state index contributed by atoms with van der Waals surface area (Å²) in [6.07, 6.45) is 1.38. The van der Waals surface area contributed by atoms with Gasteiger partial charge in [-0.1, -0.05) is 29.8 Å². The fourth-order valence-corrected chi connectivity index (χ4v) is 2.62. The largest absolute Gasteiger partial charge is 0.508 e. The van der Waals surface area contributed by atoms with E-state index in [2.05, 4.69) is 15.6 Å². The lowest BCUT2D eigenvalue weighted by atomic mass is 10.1. The smallest absolute Gasteiger partial charge is 0.274 e. The number of aromatic hydroxyl groups is 1. The molecule has 0 unspecified atom stereocenters. The molecule has 0 fully saturated rings. The Kier molecular flexibility index (Phi) is 5.68. The van der Waals surface area contributed by atoms with E-state index in [9.17, 15) is 14.7 Å². The van der Waals surface area contributed by atoms with Crippen molar-refractivity contribution in [3.05, 3.63) is 83.1 Å². The fraction of sp³-hybridized carbons (Fsp3) is 0.0500. The van der Waals surface area contributed by atoms with Crippen molar-refractivity contribution < 1.29 is 14.7 Å². The van der Waals surface area contributed by atoms with Crippen molar-refractivity contribution in [2.24, 2.45) is 0 Å². The molecular weight excluding hydrogens is 366 g/mol. The second-order valence-electron chi connectivity index (χ2n) is 5.75. The second-order valence-corrected chi connectivity index (χ2v) is 6.18. The third kappa shape index (κ3) is 5.05. The number of aromatic nitrogens is 1. The first-order valence-corrected chi connectivity index (χ1v) is 8.49. The zero-order chi connectivity index (χ0) is 19.2. The zero-order valence-corrected chi connectivity index (χ0v) is 14.9. The van der Waals surface area contributed by atoms with E-state index in [1.54, 1.807) is 24.3 Å². The van der Waals surface area contributed by atoms with E-state index in [1.165, 1.54) is 24.4 Å². The number of para-hydroxylation sites is 1. The molecule has 1 aromatic heterocycles. The number of hydrogen-bond acceptors (Lipinski definition) is 4. The highest BCUT2D eigenvalue weighted by molar-refractivity contribution is 6.30. The van der Waals surface area contributed by atoms with Crippen molar-refractivity contribution in [2.75, 3.05) is 10.6 Å². The summed E-state index contributed by atoms with van der Waals surface area (Å²) in [6, 6.07) is 16.6. The first-order valence-electron chi connectivity index (χ1n) is 8.11. The van der Waals surface area contributed by atoms with E-state index >= 15 is 0 Å². The fourth-order valence-electron chi connectivity index (χ4n) is 2.42. The van der Waals surface area contributed by atoms with E-state index in [0.717, 1.165) is 0 Å². The number of nitrogens with one attached hydrogen (secondary N) is 2. The van der Waals surface area contributed by atoms with Crippen LogP contribution in [0.15, 0.2) is 66.9 Å². The van der Waals surface area contributed by atoms with E-state index in [1.807, 2.05) is 18.2 Å². The summed E-state index contributed by atoms with van der Waals surface area (Å²) in [6.45, 7) is 0. The zero-order valence-electron chi connectivity index (χ0n) is 14.1. The average molecular weight is 382 g/mol. The van der Waals surface area contributed by atoms with Crippen LogP contribution in [0.25, 0.3) is 0 Å². The number of pyridine rings is 1. The Hall–Kier alpha value is -3.38. The SMILES string of the molecule is O=C(Cc1cc(Cl)ccc1O)Nc1ccnc(C(=O)Nc2ccccc2)c1. The minimum Gasteiger partial charge on any atom is -0.508 e. The van der Waals surface area contributed by atoms with Gasteiger partial charge in [0, 0.05) is 28.2 Å². The molecule has 3 N–H and O–H groups in total. The van der Waals surface area contributed by atoms with Crippen LogP contribution in [0.2, 0.25) is 5.02 Å². The van der Waals surface area contributed by atoms with Gasteiger partial charge in [0.05, 0.1) is 6.42 Å². The first kappa shape index (κ1) is 18.4. The number of amides is 2. The summed E-state index contributed by atoms with van der Waals surface area (Å²) in [5, 5.41) is 15.6. The number of phenols is 1.